The molecule has 0 aromatic heterocycles. The van der Waals surface area contributed by atoms with Crippen LogP contribution >= 0.6 is 0 Å². The van der Waals surface area contributed by atoms with Crippen LogP contribution in [-0.4, -0.2) is 16.0 Å². The van der Waals surface area contributed by atoms with E-state index in [0.29, 0.717) is 0 Å². The lowest BCUT2D eigenvalue weighted by atomic mass is 9.88. The van der Waals surface area contributed by atoms with Crippen LogP contribution in [0.15, 0.2) is 18.2 Å². The molecule has 5 nitrogen and oxygen atoms in total. The average Bonchev–Trinajstić information content (AvgIpc) is 2.19. The Morgan fingerprint density at radius 1 is 1.47 bits per heavy atom. The van der Waals surface area contributed by atoms with Crippen molar-refractivity contribution in [2.24, 2.45) is 5.92 Å². The number of halogens is 1. The van der Waals surface area contributed by atoms with E-state index in [1.807, 2.05) is 0 Å². The Hall–Kier alpha value is -1.98. The summed E-state index contributed by atoms with van der Waals surface area (Å²) in [5.74, 6) is -3.31. The van der Waals surface area contributed by atoms with E-state index in [9.17, 15) is 19.3 Å². The van der Waals surface area contributed by atoms with Gasteiger partial charge >= 0.3 is 5.97 Å². The van der Waals surface area contributed by atoms with Crippen molar-refractivity contribution in [1.29, 1.82) is 0 Å². The zero-order valence-electron chi connectivity index (χ0n) is 9.38. The lowest BCUT2D eigenvalue weighted by Gasteiger charge is -2.16. The molecule has 0 aliphatic heterocycles. The van der Waals surface area contributed by atoms with E-state index in [1.54, 1.807) is 13.8 Å². The van der Waals surface area contributed by atoms with Crippen molar-refractivity contribution < 1.29 is 19.2 Å². The van der Waals surface area contributed by atoms with Crippen LogP contribution in [0.5, 0.6) is 0 Å². The zero-order valence-corrected chi connectivity index (χ0v) is 9.38. The predicted octanol–water partition coefficient (Wildman–Crippen LogP) is 2.56. The summed E-state index contributed by atoms with van der Waals surface area (Å²) < 4.78 is 13.6. The predicted molar refractivity (Wildman–Crippen MR) is 58.3 cm³/mol. The number of nitro groups is 1. The van der Waals surface area contributed by atoms with Crippen LogP contribution < -0.4 is 0 Å². The second-order valence-electron chi connectivity index (χ2n) is 4.02. The monoisotopic (exact) mass is 241 g/mol. The van der Waals surface area contributed by atoms with E-state index in [0.717, 1.165) is 18.2 Å². The maximum absolute atomic E-state index is 13.6. The van der Waals surface area contributed by atoms with Gasteiger partial charge in [-0.05, 0) is 12.0 Å². The summed E-state index contributed by atoms with van der Waals surface area (Å²) in [7, 11) is 0. The van der Waals surface area contributed by atoms with Gasteiger partial charge in [-0.1, -0.05) is 13.8 Å². The highest BCUT2D eigenvalue weighted by Gasteiger charge is 2.27. The molecule has 0 saturated heterocycles. The third-order valence-corrected chi connectivity index (χ3v) is 2.46. The largest absolute Gasteiger partial charge is 0.481 e. The highest BCUT2D eigenvalue weighted by atomic mass is 19.1. The Morgan fingerprint density at radius 2 is 2.06 bits per heavy atom. The van der Waals surface area contributed by atoms with Crippen molar-refractivity contribution in [2.45, 2.75) is 19.8 Å². The molecule has 17 heavy (non-hydrogen) atoms. The molecular weight excluding hydrogens is 229 g/mol. The molecule has 1 N–H and O–H groups in total. The molecule has 1 aromatic carbocycles. The first-order valence-corrected chi connectivity index (χ1v) is 5.01. The van der Waals surface area contributed by atoms with E-state index in [4.69, 9.17) is 5.11 Å². The molecule has 0 fully saturated rings. The Morgan fingerprint density at radius 3 is 2.41 bits per heavy atom. The summed E-state index contributed by atoms with van der Waals surface area (Å²) in [4.78, 5) is 20.7. The molecule has 0 saturated carbocycles. The van der Waals surface area contributed by atoms with Crippen LogP contribution in [0.3, 0.4) is 0 Å². The van der Waals surface area contributed by atoms with Crippen molar-refractivity contribution in [2.75, 3.05) is 0 Å². The van der Waals surface area contributed by atoms with Crippen molar-refractivity contribution >= 4 is 11.7 Å². The summed E-state index contributed by atoms with van der Waals surface area (Å²) >= 11 is 0. The molecule has 1 rings (SSSR count). The van der Waals surface area contributed by atoms with Gasteiger partial charge in [0.15, 0.2) is 0 Å². The standard InChI is InChI=1S/C11H12FNO4/c1-6(2)10(11(14)15)8-4-3-7(13(16)17)5-9(8)12/h3-6,10H,1-2H3,(H,14,15). The molecule has 92 valence electrons. The first-order valence-electron chi connectivity index (χ1n) is 5.01. The van der Waals surface area contributed by atoms with Gasteiger partial charge in [-0.25, -0.2) is 4.39 Å². The number of hydrogen-bond acceptors (Lipinski definition) is 3. The molecule has 1 atom stereocenters. The van der Waals surface area contributed by atoms with Crippen LogP contribution in [0, 0.1) is 21.8 Å². The lowest BCUT2D eigenvalue weighted by molar-refractivity contribution is -0.385. The van der Waals surface area contributed by atoms with Gasteiger partial charge in [0.05, 0.1) is 16.9 Å². The van der Waals surface area contributed by atoms with Crippen molar-refractivity contribution in [3.8, 4) is 0 Å². The lowest BCUT2D eigenvalue weighted by Crippen LogP contribution is -2.18. The number of non-ortho nitro benzene ring substituents is 1. The number of hydrogen-bond donors (Lipinski definition) is 1. The first kappa shape index (κ1) is 13.1. The molecule has 1 unspecified atom stereocenters. The summed E-state index contributed by atoms with van der Waals surface area (Å²) in [5, 5.41) is 19.4. The normalized spacial score (nSPS) is 12.5. The number of carboxylic acids is 1. The highest BCUT2D eigenvalue weighted by Crippen LogP contribution is 2.29. The van der Waals surface area contributed by atoms with E-state index in [1.165, 1.54) is 0 Å². The number of carboxylic acid groups (broad SMARTS) is 1. The maximum Gasteiger partial charge on any atom is 0.311 e. The van der Waals surface area contributed by atoms with E-state index in [-0.39, 0.29) is 17.2 Å². The van der Waals surface area contributed by atoms with Gasteiger partial charge in [-0.2, -0.15) is 0 Å². The molecule has 0 spiro atoms. The quantitative estimate of drug-likeness (QED) is 0.648. The Balaban J connectivity index is 3.22. The third-order valence-electron chi connectivity index (χ3n) is 2.46. The van der Waals surface area contributed by atoms with Crippen LogP contribution in [0.25, 0.3) is 0 Å². The summed E-state index contributed by atoms with van der Waals surface area (Å²) in [6.07, 6.45) is 0. The molecule has 6 heteroatoms. The SMILES string of the molecule is CC(C)C(C(=O)O)c1ccc([N+](=O)[O-])cc1F. The van der Waals surface area contributed by atoms with Gasteiger partial charge in [0.25, 0.3) is 5.69 Å². The molecule has 0 aliphatic carbocycles. The van der Waals surface area contributed by atoms with Gasteiger partial charge < -0.3 is 5.11 Å². The van der Waals surface area contributed by atoms with Crippen LogP contribution in [0.4, 0.5) is 10.1 Å². The number of nitrogens with zero attached hydrogens (tertiary/aromatic N) is 1. The summed E-state index contributed by atoms with van der Waals surface area (Å²) in [6, 6.07) is 3.01. The first-order chi connectivity index (χ1) is 7.84. The molecule has 0 amide bonds. The number of benzene rings is 1. The van der Waals surface area contributed by atoms with Crippen molar-refractivity contribution in [1.82, 2.24) is 0 Å². The van der Waals surface area contributed by atoms with Crippen LogP contribution in [0.1, 0.15) is 25.3 Å². The van der Waals surface area contributed by atoms with E-state index < -0.39 is 22.6 Å². The Bertz CT molecular complexity index is 459. The highest BCUT2D eigenvalue weighted by molar-refractivity contribution is 5.76. The van der Waals surface area contributed by atoms with Gasteiger partial charge in [0.2, 0.25) is 0 Å². The fraction of sp³-hybridized carbons (Fsp3) is 0.364. The third kappa shape index (κ3) is 2.77. The second kappa shape index (κ2) is 4.90. The van der Waals surface area contributed by atoms with Gasteiger partial charge in [0.1, 0.15) is 5.82 Å². The van der Waals surface area contributed by atoms with Crippen molar-refractivity contribution in [3.63, 3.8) is 0 Å². The number of carbonyl (C=O) groups is 1. The zero-order chi connectivity index (χ0) is 13.2. The van der Waals surface area contributed by atoms with Crippen LogP contribution in [0.2, 0.25) is 0 Å². The van der Waals surface area contributed by atoms with Gasteiger partial charge in [-0.3, -0.25) is 14.9 Å². The molecule has 0 radical (unpaired) electrons. The number of rotatable bonds is 4. The maximum atomic E-state index is 13.6. The molecular formula is C11H12FNO4. The minimum atomic E-state index is -1.15. The molecule has 0 bridgehead atoms. The Kier molecular flexibility index (Phi) is 3.77. The minimum Gasteiger partial charge on any atom is -0.481 e. The smallest absolute Gasteiger partial charge is 0.311 e. The summed E-state index contributed by atoms with van der Waals surface area (Å²) in [6.45, 7) is 3.30. The number of nitro benzene ring substituents is 1. The van der Waals surface area contributed by atoms with Crippen LogP contribution in [-0.2, 0) is 4.79 Å². The van der Waals surface area contributed by atoms with Crippen molar-refractivity contribution in [3.05, 3.63) is 39.7 Å². The second-order valence-corrected chi connectivity index (χ2v) is 4.02. The Labute approximate surface area is 97.0 Å². The fourth-order valence-corrected chi connectivity index (χ4v) is 1.66. The topological polar surface area (TPSA) is 80.4 Å². The molecule has 0 heterocycles. The number of aliphatic carboxylic acids is 1. The van der Waals surface area contributed by atoms with Gasteiger partial charge in [-0.15, -0.1) is 0 Å². The van der Waals surface area contributed by atoms with Gasteiger partial charge in [0, 0.05) is 11.6 Å². The molecule has 0 aliphatic rings. The average molecular weight is 241 g/mol. The minimum absolute atomic E-state index is 0.0295. The fourth-order valence-electron chi connectivity index (χ4n) is 1.66. The van der Waals surface area contributed by atoms with E-state index in [2.05, 4.69) is 0 Å². The van der Waals surface area contributed by atoms with E-state index >= 15 is 0 Å². The summed E-state index contributed by atoms with van der Waals surface area (Å²) in [5.41, 5.74) is -0.419. The molecule has 1 aromatic rings.